The molecule has 0 heterocycles. The number of aryl methyl sites for hydroxylation is 1. The Hall–Kier alpha value is -1.61. The molecule has 0 aromatic heterocycles. The van der Waals surface area contributed by atoms with E-state index >= 15 is 0 Å². The fraction of sp³-hybridized carbons (Fsp3) is 0.727. The van der Waals surface area contributed by atoms with Gasteiger partial charge in [0.25, 0.3) is 0 Å². The van der Waals surface area contributed by atoms with Crippen molar-refractivity contribution in [3.8, 4) is 0 Å². The Morgan fingerprint density at radius 1 is 0.944 bits per heavy atom. The highest BCUT2D eigenvalue weighted by Crippen LogP contribution is 2.32. The summed E-state index contributed by atoms with van der Waals surface area (Å²) in [5.74, 6) is 2.30. The maximum Gasteiger partial charge on any atom is 0.303 e. The van der Waals surface area contributed by atoms with Gasteiger partial charge in [-0.15, -0.1) is 0 Å². The standard InChI is InChI=1S/C33H55NO2/c1-27(2)18-19-30(17-11-4-8-14-28-12-6-3-7-13-28)20-22-31(24-25-34)32(26-33(35)36)23-21-29-15-9-5-10-16-29/h4-5,9-11,15-16,27-28,30-32H,3,6-8,12-14,17-26,34H2,1-2H3,(H,35,36)/b11-4-/t30-,31-,32-/m1/s1. The summed E-state index contributed by atoms with van der Waals surface area (Å²) in [6.07, 6.45) is 23.7. The molecule has 204 valence electrons. The van der Waals surface area contributed by atoms with Gasteiger partial charge < -0.3 is 10.8 Å². The van der Waals surface area contributed by atoms with Gasteiger partial charge in [-0.3, -0.25) is 4.79 Å². The molecule has 1 aliphatic rings. The molecule has 0 aliphatic heterocycles. The van der Waals surface area contributed by atoms with E-state index in [1.54, 1.807) is 0 Å². The van der Waals surface area contributed by atoms with Crippen molar-refractivity contribution < 1.29 is 9.90 Å². The predicted octanol–water partition coefficient (Wildman–Crippen LogP) is 8.81. The Morgan fingerprint density at radius 3 is 2.33 bits per heavy atom. The lowest BCUT2D eigenvalue weighted by atomic mass is 9.78. The van der Waals surface area contributed by atoms with Crippen LogP contribution in [0.2, 0.25) is 0 Å². The Kier molecular flexibility index (Phi) is 15.8. The van der Waals surface area contributed by atoms with Crippen LogP contribution < -0.4 is 5.73 Å². The highest BCUT2D eigenvalue weighted by Gasteiger charge is 2.24. The van der Waals surface area contributed by atoms with E-state index in [4.69, 9.17) is 5.73 Å². The van der Waals surface area contributed by atoms with Crippen LogP contribution in [0.4, 0.5) is 0 Å². The molecule has 0 radical (unpaired) electrons. The molecule has 1 saturated carbocycles. The van der Waals surface area contributed by atoms with Crippen molar-refractivity contribution in [2.75, 3.05) is 6.54 Å². The second-order valence-corrected chi connectivity index (χ2v) is 11.9. The van der Waals surface area contributed by atoms with E-state index in [0.29, 0.717) is 18.4 Å². The quantitative estimate of drug-likeness (QED) is 0.188. The number of hydrogen-bond acceptors (Lipinski definition) is 2. The van der Waals surface area contributed by atoms with Gasteiger partial charge in [0, 0.05) is 6.42 Å². The fourth-order valence-electron chi connectivity index (χ4n) is 6.17. The number of carbonyl (C=O) groups is 1. The third-order valence-corrected chi connectivity index (χ3v) is 8.49. The van der Waals surface area contributed by atoms with Gasteiger partial charge in [0.05, 0.1) is 0 Å². The molecule has 3 nitrogen and oxygen atoms in total. The number of benzene rings is 1. The molecule has 1 aliphatic carbocycles. The molecule has 36 heavy (non-hydrogen) atoms. The molecule has 3 heteroatoms. The first-order valence-electron chi connectivity index (χ1n) is 15.1. The molecule has 0 bridgehead atoms. The number of nitrogens with two attached hydrogens (primary N) is 1. The Balaban J connectivity index is 1.91. The summed E-state index contributed by atoms with van der Waals surface area (Å²) in [6.45, 7) is 5.28. The third kappa shape index (κ3) is 13.6. The largest absolute Gasteiger partial charge is 0.481 e. The lowest BCUT2D eigenvalue weighted by Gasteiger charge is -2.28. The van der Waals surface area contributed by atoms with Crippen LogP contribution in [0.5, 0.6) is 0 Å². The number of allylic oxidation sites excluding steroid dienone is 2. The molecule has 0 unspecified atom stereocenters. The monoisotopic (exact) mass is 497 g/mol. The van der Waals surface area contributed by atoms with Crippen molar-refractivity contribution in [3.05, 3.63) is 48.0 Å². The van der Waals surface area contributed by atoms with Crippen molar-refractivity contribution >= 4 is 5.97 Å². The minimum Gasteiger partial charge on any atom is -0.481 e. The lowest BCUT2D eigenvalue weighted by molar-refractivity contribution is -0.138. The van der Waals surface area contributed by atoms with Gasteiger partial charge in [-0.05, 0) is 99.5 Å². The number of carboxylic acid groups (broad SMARTS) is 1. The molecule has 3 N–H and O–H groups in total. The molecule has 0 spiro atoms. The Bertz CT molecular complexity index is 708. The molecule has 3 atom stereocenters. The average Bonchev–Trinajstić information content (AvgIpc) is 2.87. The average molecular weight is 498 g/mol. The zero-order chi connectivity index (χ0) is 26.0. The first-order chi connectivity index (χ1) is 17.5. The topological polar surface area (TPSA) is 63.3 Å². The first kappa shape index (κ1) is 30.6. The van der Waals surface area contributed by atoms with Gasteiger partial charge in [0.15, 0.2) is 0 Å². The van der Waals surface area contributed by atoms with Crippen LogP contribution >= 0.6 is 0 Å². The molecule has 0 amide bonds. The van der Waals surface area contributed by atoms with Crippen molar-refractivity contribution in [2.24, 2.45) is 35.3 Å². The Morgan fingerprint density at radius 2 is 1.67 bits per heavy atom. The van der Waals surface area contributed by atoms with Crippen molar-refractivity contribution in [3.63, 3.8) is 0 Å². The van der Waals surface area contributed by atoms with Crippen LogP contribution in [0.3, 0.4) is 0 Å². The summed E-state index contributed by atoms with van der Waals surface area (Å²) in [4.78, 5) is 11.7. The SMILES string of the molecule is CC(C)CC[C@@H](C/C=C\CCC1CCCCC1)CC[C@H](CCN)[C@H](CCc1ccccc1)CC(=O)O. The molecular weight excluding hydrogens is 442 g/mol. The van der Waals surface area contributed by atoms with Gasteiger partial charge in [-0.1, -0.05) is 94.9 Å². The van der Waals surface area contributed by atoms with E-state index in [1.165, 1.54) is 76.2 Å². The molecule has 1 aromatic carbocycles. The molecular formula is C33H55NO2. The van der Waals surface area contributed by atoms with E-state index in [-0.39, 0.29) is 12.3 Å². The van der Waals surface area contributed by atoms with Gasteiger partial charge in [0.2, 0.25) is 0 Å². The van der Waals surface area contributed by atoms with E-state index in [1.807, 2.05) is 6.07 Å². The summed E-state index contributed by atoms with van der Waals surface area (Å²) in [6, 6.07) is 10.5. The third-order valence-electron chi connectivity index (χ3n) is 8.49. The molecule has 2 rings (SSSR count). The second kappa shape index (κ2) is 18.6. The summed E-state index contributed by atoms with van der Waals surface area (Å²) < 4.78 is 0. The van der Waals surface area contributed by atoms with Crippen molar-refractivity contribution in [1.82, 2.24) is 0 Å². The van der Waals surface area contributed by atoms with E-state index in [9.17, 15) is 9.90 Å². The van der Waals surface area contributed by atoms with Gasteiger partial charge in [-0.25, -0.2) is 0 Å². The lowest BCUT2D eigenvalue weighted by Crippen LogP contribution is -2.23. The Labute approximate surface area is 222 Å². The summed E-state index contributed by atoms with van der Waals surface area (Å²) in [7, 11) is 0. The first-order valence-corrected chi connectivity index (χ1v) is 15.1. The second-order valence-electron chi connectivity index (χ2n) is 11.9. The molecule has 1 fully saturated rings. The van der Waals surface area contributed by atoms with Gasteiger partial charge in [0.1, 0.15) is 0 Å². The zero-order valence-corrected chi connectivity index (χ0v) is 23.4. The predicted molar refractivity (Wildman–Crippen MR) is 154 cm³/mol. The number of hydrogen-bond donors (Lipinski definition) is 2. The summed E-state index contributed by atoms with van der Waals surface area (Å²) >= 11 is 0. The van der Waals surface area contributed by atoms with Crippen molar-refractivity contribution in [2.45, 2.75) is 117 Å². The minimum atomic E-state index is -0.674. The van der Waals surface area contributed by atoms with E-state index < -0.39 is 5.97 Å². The van der Waals surface area contributed by atoms with Crippen LogP contribution in [0.15, 0.2) is 42.5 Å². The van der Waals surface area contributed by atoms with Crippen LogP contribution in [0, 0.1) is 29.6 Å². The zero-order valence-electron chi connectivity index (χ0n) is 23.4. The van der Waals surface area contributed by atoms with Crippen LogP contribution in [0.1, 0.15) is 116 Å². The maximum absolute atomic E-state index is 11.7. The smallest absolute Gasteiger partial charge is 0.303 e. The normalized spacial score (nSPS) is 17.4. The summed E-state index contributed by atoms with van der Waals surface area (Å²) in [5, 5.41) is 9.64. The number of aliphatic carboxylic acids is 1. The van der Waals surface area contributed by atoms with Crippen LogP contribution in [-0.4, -0.2) is 17.6 Å². The molecule has 1 aromatic rings. The van der Waals surface area contributed by atoms with Gasteiger partial charge in [-0.2, -0.15) is 0 Å². The van der Waals surface area contributed by atoms with Crippen LogP contribution in [-0.2, 0) is 11.2 Å². The summed E-state index contributed by atoms with van der Waals surface area (Å²) in [5.41, 5.74) is 7.33. The highest BCUT2D eigenvalue weighted by molar-refractivity contribution is 5.67. The number of rotatable bonds is 19. The van der Waals surface area contributed by atoms with Crippen LogP contribution in [0.25, 0.3) is 0 Å². The van der Waals surface area contributed by atoms with E-state index in [2.05, 4.69) is 50.3 Å². The molecule has 0 saturated heterocycles. The van der Waals surface area contributed by atoms with Crippen molar-refractivity contribution in [1.29, 1.82) is 0 Å². The maximum atomic E-state index is 11.7. The fourth-order valence-corrected chi connectivity index (χ4v) is 6.17. The minimum absolute atomic E-state index is 0.197. The van der Waals surface area contributed by atoms with E-state index in [0.717, 1.165) is 37.5 Å². The van der Waals surface area contributed by atoms with Gasteiger partial charge >= 0.3 is 5.97 Å². The highest BCUT2D eigenvalue weighted by atomic mass is 16.4. The number of carboxylic acids is 1.